The maximum Gasteiger partial charge on any atom is 0.107 e. The third kappa shape index (κ3) is 2.67. The fourth-order valence-electron chi connectivity index (χ4n) is 1.11. The molecule has 0 bridgehead atoms. The Morgan fingerprint density at radius 3 is 2.64 bits per heavy atom. The Labute approximate surface area is 97.4 Å². The third-order valence-electron chi connectivity index (χ3n) is 1.60. The molecule has 5 heteroatoms. The van der Waals surface area contributed by atoms with Crippen molar-refractivity contribution in [2.45, 2.75) is 0 Å². The predicted molar refractivity (Wildman–Crippen MR) is 67.3 cm³/mol. The first-order valence-electron chi connectivity index (χ1n) is 4.04. The second kappa shape index (κ2) is 4.72. The third-order valence-corrected chi connectivity index (χ3v) is 2.47. The first kappa shape index (κ1) is 11.4. The van der Waals surface area contributed by atoms with Crippen molar-refractivity contribution < 1.29 is 0 Å². The van der Waals surface area contributed by atoms with Crippen LogP contribution in [0.15, 0.2) is 22.7 Å². The van der Waals surface area contributed by atoms with Crippen LogP contribution in [-0.2, 0) is 0 Å². The van der Waals surface area contributed by atoms with Crippen LogP contribution in [0.25, 0.3) is 0 Å². The zero-order valence-corrected chi connectivity index (χ0v) is 10.4. The molecule has 0 heterocycles. The minimum atomic E-state index is 0.377. The van der Waals surface area contributed by atoms with Crippen LogP contribution in [-0.4, -0.2) is 24.1 Å². The normalized spacial score (nSPS) is 10.3. The first-order valence-corrected chi connectivity index (χ1v) is 5.25. The lowest BCUT2D eigenvalue weighted by Crippen LogP contribution is -2.23. The van der Waals surface area contributed by atoms with Gasteiger partial charge in [-0.15, -0.1) is 0 Å². The number of nitrogens with one attached hydrogen (secondary N) is 1. The second-order valence-corrected chi connectivity index (χ2v) is 4.33. The molecule has 3 nitrogen and oxygen atoms in total. The molecule has 0 atom stereocenters. The van der Waals surface area contributed by atoms with Gasteiger partial charge in [-0.05, 0) is 28.1 Å². The molecule has 14 heavy (non-hydrogen) atoms. The van der Waals surface area contributed by atoms with Gasteiger partial charge in [0.25, 0.3) is 0 Å². The van der Waals surface area contributed by atoms with Gasteiger partial charge >= 0.3 is 0 Å². The highest BCUT2D eigenvalue weighted by Gasteiger charge is 2.09. The number of rotatable bonds is 3. The number of nitrogens with zero attached hydrogens (tertiary/aromatic N) is 1. The van der Waals surface area contributed by atoms with Gasteiger partial charge in [0.1, 0.15) is 4.99 Å². The maximum atomic E-state index is 5.63. The largest absolute Gasteiger partial charge is 0.389 e. The van der Waals surface area contributed by atoms with Crippen LogP contribution in [0.1, 0.15) is 5.56 Å². The first-order chi connectivity index (χ1) is 6.52. The molecule has 76 valence electrons. The van der Waals surface area contributed by atoms with E-state index >= 15 is 0 Å². The number of anilines is 1. The zero-order valence-electron chi connectivity index (χ0n) is 8.04. The van der Waals surface area contributed by atoms with Gasteiger partial charge < -0.3 is 11.2 Å². The highest BCUT2D eigenvalue weighted by Crippen LogP contribution is 2.24. The number of thiocarbonyl (C=S) groups is 1. The highest BCUT2D eigenvalue weighted by molar-refractivity contribution is 9.10. The molecule has 0 aliphatic heterocycles. The summed E-state index contributed by atoms with van der Waals surface area (Å²) in [5.41, 5.74) is 10.5. The number of benzene rings is 1. The molecule has 0 fully saturated rings. The number of hydrogen-bond donors (Lipinski definition) is 2. The Balaban J connectivity index is 3.14. The number of hydrazine groups is 1. The molecule has 0 aromatic heterocycles. The molecule has 0 saturated heterocycles. The van der Waals surface area contributed by atoms with Crippen molar-refractivity contribution in [1.29, 1.82) is 0 Å². The van der Waals surface area contributed by atoms with E-state index in [1.54, 1.807) is 0 Å². The van der Waals surface area contributed by atoms with Crippen molar-refractivity contribution >= 4 is 38.8 Å². The predicted octanol–water partition coefficient (Wildman–Crippen LogP) is 1.97. The molecule has 0 radical (unpaired) electrons. The van der Waals surface area contributed by atoms with E-state index in [2.05, 4.69) is 21.4 Å². The van der Waals surface area contributed by atoms with Crippen LogP contribution in [0.3, 0.4) is 0 Å². The molecule has 0 saturated carbocycles. The van der Waals surface area contributed by atoms with Gasteiger partial charge in [-0.3, -0.25) is 0 Å². The number of nitrogens with two attached hydrogens (primary N) is 1. The Hall–Kier alpha value is -0.650. The van der Waals surface area contributed by atoms with Crippen molar-refractivity contribution in [3.05, 3.63) is 28.2 Å². The van der Waals surface area contributed by atoms with E-state index in [9.17, 15) is 0 Å². The molecule has 1 aromatic rings. The summed E-state index contributed by atoms with van der Waals surface area (Å²) in [5.74, 6) is 0. The average molecular weight is 274 g/mol. The standard InChI is InChI=1S/C9H12BrN3S/c1-13(2)12-7-5-3-4-6(10)8(7)9(11)14/h3-5,12H,1-2H3,(H2,11,14). The summed E-state index contributed by atoms with van der Waals surface area (Å²) in [6.45, 7) is 0. The van der Waals surface area contributed by atoms with E-state index in [0.717, 1.165) is 15.7 Å². The lowest BCUT2D eigenvalue weighted by atomic mass is 10.2. The van der Waals surface area contributed by atoms with Crippen LogP contribution >= 0.6 is 28.1 Å². The summed E-state index contributed by atoms with van der Waals surface area (Å²) in [6.07, 6.45) is 0. The van der Waals surface area contributed by atoms with Gasteiger partial charge in [-0.25, -0.2) is 5.01 Å². The van der Waals surface area contributed by atoms with E-state index in [1.165, 1.54) is 0 Å². The van der Waals surface area contributed by atoms with Gasteiger partial charge in [0.05, 0.1) is 5.69 Å². The molecule has 0 aliphatic carbocycles. The van der Waals surface area contributed by atoms with Crippen LogP contribution < -0.4 is 11.2 Å². The van der Waals surface area contributed by atoms with Crippen molar-refractivity contribution in [3.63, 3.8) is 0 Å². The fraction of sp³-hybridized carbons (Fsp3) is 0.222. The van der Waals surface area contributed by atoms with Crippen LogP contribution in [0.4, 0.5) is 5.69 Å². The molecular weight excluding hydrogens is 262 g/mol. The van der Waals surface area contributed by atoms with Gasteiger partial charge in [0, 0.05) is 24.1 Å². The Morgan fingerprint density at radius 2 is 2.14 bits per heavy atom. The molecule has 0 spiro atoms. The van der Waals surface area contributed by atoms with Gasteiger partial charge in [0.15, 0.2) is 0 Å². The summed E-state index contributed by atoms with van der Waals surface area (Å²) >= 11 is 8.39. The molecule has 1 aromatic carbocycles. The van der Waals surface area contributed by atoms with Crippen molar-refractivity contribution in [2.75, 3.05) is 19.5 Å². The smallest absolute Gasteiger partial charge is 0.107 e. The molecular formula is C9H12BrN3S. The van der Waals surface area contributed by atoms with E-state index in [1.807, 2.05) is 37.3 Å². The quantitative estimate of drug-likeness (QED) is 0.653. The summed E-state index contributed by atoms with van der Waals surface area (Å²) < 4.78 is 0.900. The van der Waals surface area contributed by atoms with Crippen LogP contribution in [0.5, 0.6) is 0 Å². The van der Waals surface area contributed by atoms with Crippen molar-refractivity contribution in [3.8, 4) is 0 Å². The Morgan fingerprint density at radius 1 is 1.50 bits per heavy atom. The Bertz CT molecular complexity index is 352. The lowest BCUT2D eigenvalue weighted by Gasteiger charge is -2.17. The molecule has 0 amide bonds. The van der Waals surface area contributed by atoms with E-state index in [0.29, 0.717) is 4.99 Å². The second-order valence-electron chi connectivity index (χ2n) is 3.03. The zero-order chi connectivity index (χ0) is 10.7. The topological polar surface area (TPSA) is 41.3 Å². The Kier molecular flexibility index (Phi) is 3.86. The molecule has 1 rings (SSSR count). The van der Waals surface area contributed by atoms with Gasteiger partial charge in [-0.1, -0.05) is 18.3 Å². The average Bonchev–Trinajstić information content (AvgIpc) is 2.01. The highest BCUT2D eigenvalue weighted by atomic mass is 79.9. The minimum absolute atomic E-state index is 0.377. The maximum absolute atomic E-state index is 5.63. The number of halogens is 1. The lowest BCUT2D eigenvalue weighted by molar-refractivity contribution is 0.495. The van der Waals surface area contributed by atoms with Crippen molar-refractivity contribution in [2.24, 2.45) is 5.73 Å². The van der Waals surface area contributed by atoms with Gasteiger partial charge in [0.2, 0.25) is 0 Å². The molecule has 0 aliphatic rings. The fourth-order valence-corrected chi connectivity index (χ4v) is 2.04. The monoisotopic (exact) mass is 273 g/mol. The minimum Gasteiger partial charge on any atom is -0.389 e. The van der Waals surface area contributed by atoms with Crippen LogP contribution in [0.2, 0.25) is 0 Å². The van der Waals surface area contributed by atoms with Gasteiger partial charge in [-0.2, -0.15) is 0 Å². The molecule has 0 unspecified atom stereocenters. The molecule has 3 N–H and O–H groups in total. The van der Waals surface area contributed by atoms with E-state index in [-0.39, 0.29) is 0 Å². The summed E-state index contributed by atoms with van der Waals surface area (Å²) in [5, 5.41) is 1.84. The SMILES string of the molecule is CN(C)Nc1cccc(Br)c1C(N)=S. The number of hydrogen-bond acceptors (Lipinski definition) is 3. The van der Waals surface area contributed by atoms with Crippen molar-refractivity contribution in [1.82, 2.24) is 5.01 Å². The van der Waals surface area contributed by atoms with E-state index in [4.69, 9.17) is 18.0 Å². The van der Waals surface area contributed by atoms with Crippen LogP contribution in [0, 0.1) is 0 Å². The summed E-state index contributed by atoms with van der Waals surface area (Å²) in [7, 11) is 3.81. The summed E-state index contributed by atoms with van der Waals surface area (Å²) in [4.78, 5) is 0.377. The summed E-state index contributed by atoms with van der Waals surface area (Å²) in [6, 6.07) is 5.77. The van der Waals surface area contributed by atoms with E-state index < -0.39 is 0 Å².